The summed E-state index contributed by atoms with van der Waals surface area (Å²) in [5.41, 5.74) is 0.350. The van der Waals surface area contributed by atoms with Gasteiger partial charge in [-0.25, -0.2) is 0 Å². The highest BCUT2D eigenvalue weighted by molar-refractivity contribution is 5.52. The van der Waals surface area contributed by atoms with Crippen LogP contribution in [0.5, 0.6) is 11.5 Å². The number of ether oxygens (including phenoxy) is 2. The van der Waals surface area contributed by atoms with Crippen molar-refractivity contribution in [3.05, 3.63) is 64.0 Å². The number of nitrogens with zero attached hydrogens (tertiary/aromatic N) is 1. The molecule has 0 heterocycles. The third-order valence-electron chi connectivity index (χ3n) is 2.68. The minimum absolute atomic E-state index is 0.0335. The van der Waals surface area contributed by atoms with Crippen molar-refractivity contribution in [1.29, 1.82) is 0 Å². The molecule has 0 aliphatic carbocycles. The first-order valence-electron chi connectivity index (χ1n) is 5.81. The van der Waals surface area contributed by atoms with Gasteiger partial charge in [0.1, 0.15) is 6.61 Å². The van der Waals surface area contributed by atoms with Gasteiger partial charge in [0.05, 0.1) is 12.0 Å². The molecule has 0 amide bonds. The van der Waals surface area contributed by atoms with Crippen molar-refractivity contribution in [2.45, 2.75) is 6.61 Å². The highest BCUT2D eigenvalue weighted by atomic mass is 19.1. The van der Waals surface area contributed by atoms with Crippen LogP contribution in [0.1, 0.15) is 5.56 Å². The molecule has 0 saturated carbocycles. The Hall–Kier alpha value is -2.63. The van der Waals surface area contributed by atoms with E-state index in [9.17, 15) is 14.5 Å². The number of nitro groups is 1. The van der Waals surface area contributed by atoms with E-state index >= 15 is 0 Å². The van der Waals surface area contributed by atoms with Gasteiger partial charge in [0.15, 0.2) is 5.75 Å². The Labute approximate surface area is 114 Å². The summed E-state index contributed by atoms with van der Waals surface area (Å²) in [6.07, 6.45) is 0. The third-order valence-corrected chi connectivity index (χ3v) is 2.68. The van der Waals surface area contributed by atoms with Gasteiger partial charge in [0, 0.05) is 6.07 Å². The van der Waals surface area contributed by atoms with Crippen LogP contribution in [-0.2, 0) is 6.61 Å². The van der Waals surface area contributed by atoms with E-state index in [2.05, 4.69) is 0 Å². The van der Waals surface area contributed by atoms with Gasteiger partial charge < -0.3 is 9.47 Å². The van der Waals surface area contributed by atoms with Crippen LogP contribution in [0.2, 0.25) is 0 Å². The Morgan fingerprint density at radius 1 is 1.20 bits per heavy atom. The fourth-order valence-electron chi connectivity index (χ4n) is 1.70. The largest absolute Gasteiger partial charge is 0.494 e. The van der Waals surface area contributed by atoms with E-state index in [0.717, 1.165) is 11.6 Å². The summed E-state index contributed by atoms with van der Waals surface area (Å²) < 4.78 is 24.1. The van der Waals surface area contributed by atoms with Crippen LogP contribution in [0.4, 0.5) is 10.1 Å². The standard InChI is InChI=1S/C14H12FNO4/c1-19-12-8-7-11(16(17)18)14(13(12)15)20-9-10-5-3-2-4-6-10/h2-8H,9H2,1H3. The zero-order valence-corrected chi connectivity index (χ0v) is 10.7. The molecule has 0 unspecified atom stereocenters. The zero-order chi connectivity index (χ0) is 14.5. The number of nitro benzene ring substituents is 1. The van der Waals surface area contributed by atoms with E-state index in [0.29, 0.717) is 0 Å². The Morgan fingerprint density at radius 2 is 1.90 bits per heavy atom. The van der Waals surface area contributed by atoms with Crippen molar-refractivity contribution in [2.24, 2.45) is 0 Å². The molecule has 0 aromatic heterocycles. The van der Waals surface area contributed by atoms with Crippen LogP contribution >= 0.6 is 0 Å². The third kappa shape index (κ3) is 2.85. The van der Waals surface area contributed by atoms with Crippen molar-refractivity contribution in [1.82, 2.24) is 0 Å². The van der Waals surface area contributed by atoms with Gasteiger partial charge in [-0.05, 0) is 11.6 Å². The smallest absolute Gasteiger partial charge is 0.314 e. The van der Waals surface area contributed by atoms with E-state index in [1.807, 2.05) is 6.07 Å². The van der Waals surface area contributed by atoms with E-state index < -0.39 is 22.2 Å². The number of rotatable bonds is 5. The quantitative estimate of drug-likeness (QED) is 0.621. The monoisotopic (exact) mass is 277 g/mol. The van der Waals surface area contributed by atoms with E-state index in [-0.39, 0.29) is 12.4 Å². The SMILES string of the molecule is COc1ccc([N+](=O)[O-])c(OCc2ccccc2)c1F. The molecule has 0 saturated heterocycles. The van der Waals surface area contributed by atoms with Gasteiger partial charge in [0.25, 0.3) is 0 Å². The fraction of sp³-hybridized carbons (Fsp3) is 0.143. The Bertz CT molecular complexity index is 616. The number of benzene rings is 2. The average molecular weight is 277 g/mol. The minimum atomic E-state index is -0.877. The summed E-state index contributed by atoms with van der Waals surface area (Å²) in [6, 6.07) is 11.3. The number of methoxy groups -OCH3 is 1. The lowest BCUT2D eigenvalue weighted by Crippen LogP contribution is -2.02. The molecule has 6 heteroatoms. The molecule has 0 bridgehead atoms. The molecule has 5 nitrogen and oxygen atoms in total. The first kappa shape index (κ1) is 13.8. The molecule has 0 aliphatic heterocycles. The van der Waals surface area contributed by atoms with Gasteiger partial charge in [-0.15, -0.1) is 0 Å². The van der Waals surface area contributed by atoms with Gasteiger partial charge in [0.2, 0.25) is 11.6 Å². The Morgan fingerprint density at radius 3 is 2.50 bits per heavy atom. The topological polar surface area (TPSA) is 61.6 Å². The van der Waals surface area contributed by atoms with Crippen molar-refractivity contribution >= 4 is 5.69 Å². The maximum absolute atomic E-state index is 14.0. The summed E-state index contributed by atoms with van der Waals surface area (Å²) >= 11 is 0. The zero-order valence-electron chi connectivity index (χ0n) is 10.7. The fourth-order valence-corrected chi connectivity index (χ4v) is 1.70. The molecule has 0 radical (unpaired) electrons. The van der Waals surface area contributed by atoms with Crippen molar-refractivity contribution in [2.75, 3.05) is 7.11 Å². The van der Waals surface area contributed by atoms with Crippen molar-refractivity contribution in [3.63, 3.8) is 0 Å². The van der Waals surface area contributed by atoms with Crippen LogP contribution in [0.25, 0.3) is 0 Å². The van der Waals surface area contributed by atoms with Crippen molar-refractivity contribution < 1.29 is 18.8 Å². The summed E-state index contributed by atoms with van der Waals surface area (Å²) in [6.45, 7) is 0.0335. The summed E-state index contributed by atoms with van der Waals surface area (Å²) in [4.78, 5) is 10.2. The lowest BCUT2D eigenvalue weighted by Gasteiger charge is -2.10. The molecule has 104 valence electrons. The van der Waals surface area contributed by atoms with Crippen LogP contribution in [0, 0.1) is 15.9 Å². The highest BCUT2D eigenvalue weighted by Crippen LogP contribution is 2.36. The first-order chi connectivity index (χ1) is 9.63. The average Bonchev–Trinajstić information content (AvgIpc) is 2.46. The summed E-state index contributed by atoms with van der Waals surface area (Å²) in [5.74, 6) is -1.39. The maximum atomic E-state index is 14.0. The second-order valence-electron chi connectivity index (χ2n) is 3.96. The summed E-state index contributed by atoms with van der Waals surface area (Å²) in [7, 11) is 1.28. The molecular weight excluding hydrogens is 265 g/mol. The summed E-state index contributed by atoms with van der Waals surface area (Å²) in [5, 5.41) is 10.9. The second-order valence-corrected chi connectivity index (χ2v) is 3.96. The predicted octanol–water partition coefficient (Wildman–Crippen LogP) is 3.32. The minimum Gasteiger partial charge on any atom is -0.494 e. The molecular formula is C14H12FNO4. The molecule has 0 aliphatic rings. The van der Waals surface area contributed by atoms with E-state index in [4.69, 9.17) is 9.47 Å². The normalized spacial score (nSPS) is 10.1. The second kappa shape index (κ2) is 6.01. The molecule has 2 aromatic rings. The molecule has 20 heavy (non-hydrogen) atoms. The van der Waals surface area contributed by atoms with Crippen LogP contribution in [0.3, 0.4) is 0 Å². The molecule has 0 spiro atoms. The van der Waals surface area contributed by atoms with Gasteiger partial charge in [-0.1, -0.05) is 30.3 Å². The van der Waals surface area contributed by atoms with Crippen molar-refractivity contribution in [3.8, 4) is 11.5 Å². The molecule has 0 fully saturated rings. The predicted molar refractivity (Wildman–Crippen MR) is 70.4 cm³/mol. The maximum Gasteiger partial charge on any atom is 0.314 e. The van der Waals surface area contributed by atoms with Crippen LogP contribution < -0.4 is 9.47 Å². The first-order valence-corrected chi connectivity index (χ1v) is 5.81. The van der Waals surface area contributed by atoms with Gasteiger partial charge in [-0.3, -0.25) is 10.1 Å². The molecule has 0 N–H and O–H groups in total. The van der Waals surface area contributed by atoms with Gasteiger partial charge >= 0.3 is 5.69 Å². The number of hydrogen-bond acceptors (Lipinski definition) is 4. The molecule has 2 rings (SSSR count). The number of hydrogen-bond donors (Lipinski definition) is 0. The Kier molecular flexibility index (Phi) is 4.14. The van der Waals surface area contributed by atoms with Crippen LogP contribution in [-0.4, -0.2) is 12.0 Å². The molecule has 0 atom stereocenters. The Balaban J connectivity index is 2.31. The van der Waals surface area contributed by atoms with Crippen LogP contribution in [0.15, 0.2) is 42.5 Å². The lowest BCUT2D eigenvalue weighted by atomic mass is 10.2. The van der Waals surface area contributed by atoms with Gasteiger partial charge in [-0.2, -0.15) is 4.39 Å². The molecule has 2 aromatic carbocycles. The van der Waals surface area contributed by atoms with E-state index in [1.54, 1.807) is 24.3 Å². The highest BCUT2D eigenvalue weighted by Gasteiger charge is 2.23. The number of halogens is 1. The van der Waals surface area contributed by atoms with E-state index in [1.165, 1.54) is 13.2 Å². The lowest BCUT2D eigenvalue weighted by molar-refractivity contribution is -0.386.